The fourth-order valence-electron chi connectivity index (χ4n) is 4.93. The van der Waals surface area contributed by atoms with Crippen LogP contribution in [0.4, 0.5) is 20.6 Å². The Bertz CT molecular complexity index is 1800. The zero-order valence-electron chi connectivity index (χ0n) is 27.3. The highest BCUT2D eigenvalue weighted by Crippen LogP contribution is 2.31. The normalized spacial score (nSPS) is 12.4. The Hall–Kier alpha value is -5.72. The lowest BCUT2D eigenvalue weighted by molar-refractivity contribution is -0.146. The molecule has 2 aromatic carbocycles. The molecule has 0 fully saturated rings. The van der Waals surface area contributed by atoms with Crippen LogP contribution in [0, 0.1) is 24.1 Å². The summed E-state index contributed by atoms with van der Waals surface area (Å²) in [6, 6.07) is 14.3. The van der Waals surface area contributed by atoms with Gasteiger partial charge >= 0.3 is 12.0 Å². The van der Waals surface area contributed by atoms with Gasteiger partial charge in [0.05, 0.1) is 28.6 Å². The van der Waals surface area contributed by atoms with Crippen molar-refractivity contribution < 1.29 is 33.4 Å². The van der Waals surface area contributed by atoms with Gasteiger partial charge < -0.3 is 36.1 Å². The van der Waals surface area contributed by atoms with Crippen molar-refractivity contribution in [2.24, 2.45) is 11.3 Å². The third kappa shape index (κ3) is 9.41. The molecule has 0 aliphatic carbocycles. The van der Waals surface area contributed by atoms with Crippen LogP contribution in [-0.4, -0.2) is 51.5 Å². The van der Waals surface area contributed by atoms with Crippen molar-refractivity contribution in [1.82, 2.24) is 20.6 Å². The summed E-state index contributed by atoms with van der Waals surface area (Å²) in [7, 11) is 0. The van der Waals surface area contributed by atoms with E-state index in [0.29, 0.717) is 29.4 Å². The van der Waals surface area contributed by atoms with Crippen molar-refractivity contribution in [3.8, 4) is 22.9 Å². The van der Waals surface area contributed by atoms with Gasteiger partial charge in [0.2, 0.25) is 5.91 Å². The molecule has 0 radical (unpaired) electrons. The summed E-state index contributed by atoms with van der Waals surface area (Å²) in [5.41, 5.74) is 1.93. The summed E-state index contributed by atoms with van der Waals surface area (Å²) < 4.78 is 20.7. The van der Waals surface area contributed by atoms with E-state index in [1.165, 1.54) is 30.6 Å². The number of aromatic nitrogens is 2. The highest BCUT2D eigenvalue weighted by molar-refractivity contribution is 6.00. The molecular weight excluding hydrogens is 619 g/mol. The van der Waals surface area contributed by atoms with Crippen molar-refractivity contribution in [3.63, 3.8) is 0 Å². The van der Waals surface area contributed by atoms with Crippen LogP contribution < -0.4 is 26.0 Å². The van der Waals surface area contributed by atoms with E-state index >= 15 is 0 Å². The van der Waals surface area contributed by atoms with E-state index in [-0.39, 0.29) is 23.4 Å². The molecule has 4 aromatic rings. The number of urea groups is 1. The summed E-state index contributed by atoms with van der Waals surface area (Å²) >= 11 is 0. The van der Waals surface area contributed by atoms with Gasteiger partial charge in [-0.3, -0.25) is 19.4 Å². The summed E-state index contributed by atoms with van der Waals surface area (Å²) in [5, 5.41) is 20.2. The molecular formula is C35H39FN6O6. The van der Waals surface area contributed by atoms with E-state index in [4.69, 9.17) is 4.74 Å². The zero-order valence-corrected chi connectivity index (χ0v) is 27.3. The number of ether oxygens (including phenoxy) is 1. The molecule has 2 aromatic heterocycles. The number of anilines is 2. The number of nitrogens with zero attached hydrogens (tertiary/aromatic N) is 1. The second-order valence-corrected chi connectivity index (χ2v) is 12.3. The van der Waals surface area contributed by atoms with Gasteiger partial charge in [0.25, 0.3) is 5.91 Å². The molecule has 0 aliphatic heterocycles. The van der Waals surface area contributed by atoms with Gasteiger partial charge in [-0.1, -0.05) is 32.9 Å². The van der Waals surface area contributed by atoms with Crippen molar-refractivity contribution >= 4 is 35.2 Å². The maximum Gasteiger partial charge on any atom is 0.323 e. The zero-order chi connectivity index (χ0) is 35.0. The van der Waals surface area contributed by atoms with Gasteiger partial charge in [0.1, 0.15) is 23.4 Å². The molecule has 0 saturated heterocycles. The van der Waals surface area contributed by atoms with Crippen LogP contribution in [0.3, 0.4) is 0 Å². The summed E-state index contributed by atoms with van der Waals surface area (Å²) in [6.45, 7) is 9.24. The van der Waals surface area contributed by atoms with E-state index in [2.05, 4.69) is 31.2 Å². The van der Waals surface area contributed by atoms with Crippen molar-refractivity contribution in [2.45, 2.75) is 47.1 Å². The van der Waals surface area contributed by atoms with Gasteiger partial charge in [-0.05, 0) is 67.6 Å². The summed E-state index contributed by atoms with van der Waals surface area (Å²) in [6.07, 6.45) is 2.84. The standard InChI is InChI=1S/C35H39FN6O6/c1-6-37-32(44)30(18-25(33(45)46)35(3,4)5)41-31(43)21-15-28(39-19-21)29-17-24(12-13-38-29)48-23-10-11-27(26(36)16-23)42-34(47)40-22-9-7-8-20(2)14-22/h7-17,19,25,30,39H,6,18H2,1-5H3,(H,37,44)(H,41,43)(H,45,46)(H2,40,42,47)/t25?,30-/m0/s1. The summed E-state index contributed by atoms with van der Waals surface area (Å²) in [4.78, 5) is 57.6. The lowest BCUT2D eigenvalue weighted by Gasteiger charge is -2.30. The van der Waals surface area contributed by atoms with Gasteiger partial charge in [-0.2, -0.15) is 0 Å². The number of rotatable bonds is 12. The Morgan fingerprint density at radius 1 is 1.00 bits per heavy atom. The molecule has 4 rings (SSSR count). The van der Waals surface area contributed by atoms with Crippen LogP contribution in [0.15, 0.2) is 73.1 Å². The first-order valence-electron chi connectivity index (χ1n) is 15.3. The van der Waals surface area contributed by atoms with Crippen LogP contribution in [0.5, 0.6) is 11.5 Å². The lowest BCUT2D eigenvalue weighted by atomic mass is 9.77. The molecule has 2 atom stereocenters. The number of aryl methyl sites for hydroxylation is 1. The number of carboxylic acids is 1. The van der Waals surface area contributed by atoms with Crippen molar-refractivity contribution in [3.05, 3.63) is 90.0 Å². The fraction of sp³-hybridized carbons (Fsp3) is 0.286. The molecule has 48 heavy (non-hydrogen) atoms. The molecule has 13 heteroatoms. The molecule has 252 valence electrons. The number of benzene rings is 2. The van der Waals surface area contributed by atoms with E-state index in [1.807, 2.05) is 13.0 Å². The number of nitrogens with one attached hydrogen (secondary N) is 5. The van der Waals surface area contributed by atoms with Gasteiger partial charge in [-0.15, -0.1) is 0 Å². The topological polar surface area (TPSA) is 175 Å². The van der Waals surface area contributed by atoms with Crippen LogP contribution in [0.25, 0.3) is 11.4 Å². The molecule has 0 bridgehead atoms. The Morgan fingerprint density at radius 2 is 1.75 bits per heavy atom. The number of aliphatic carboxylic acids is 1. The number of amides is 4. The fourth-order valence-corrected chi connectivity index (χ4v) is 4.93. The minimum atomic E-state index is -1.07. The molecule has 4 amide bonds. The number of halogens is 1. The second kappa shape index (κ2) is 15.2. The maximum absolute atomic E-state index is 14.9. The van der Waals surface area contributed by atoms with Gasteiger partial charge in [0, 0.05) is 36.8 Å². The second-order valence-electron chi connectivity index (χ2n) is 12.3. The molecule has 0 saturated carbocycles. The maximum atomic E-state index is 14.9. The molecule has 0 spiro atoms. The number of H-pyrrole nitrogens is 1. The molecule has 12 nitrogen and oxygen atoms in total. The van der Waals surface area contributed by atoms with Gasteiger partial charge in [0.15, 0.2) is 0 Å². The van der Waals surface area contributed by atoms with Crippen LogP contribution >= 0.6 is 0 Å². The molecule has 6 N–H and O–H groups in total. The van der Waals surface area contributed by atoms with Crippen molar-refractivity contribution in [1.29, 1.82) is 0 Å². The van der Waals surface area contributed by atoms with E-state index < -0.39 is 47.0 Å². The first-order valence-corrected chi connectivity index (χ1v) is 15.3. The molecule has 2 heterocycles. The smallest absolute Gasteiger partial charge is 0.323 e. The number of carboxylic acid groups (broad SMARTS) is 1. The number of likely N-dealkylation sites (N-methyl/N-ethyl adjacent to an activating group) is 1. The largest absolute Gasteiger partial charge is 0.481 e. The number of carbonyl (C=O) groups excluding carboxylic acids is 3. The minimum Gasteiger partial charge on any atom is -0.481 e. The predicted molar refractivity (Wildman–Crippen MR) is 179 cm³/mol. The monoisotopic (exact) mass is 658 g/mol. The minimum absolute atomic E-state index is 0.0357. The average molecular weight is 659 g/mol. The Morgan fingerprint density at radius 3 is 2.42 bits per heavy atom. The Balaban J connectivity index is 1.43. The number of hydrogen-bond donors (Lipinski definition) is 6. The van der Waals surface area contributed by atoms with E-state index in [1.54, 1.807) is 58.0 Å². The average Bonchev–Trinajstić information content (AvgIpc) is 3.51. The number of pyridine rings is 1. The van der Waals surface area contributed by atoms with E-state index in [0.717, 1.165) is 11.6 Å². The first kappa shape index (κ1) is 35.1. The first-order chi connectivity index (χ1) is 22.7. The van der Waals surface area contributed by atoms with E-state index in [9.17, 15) is 28.7 Å². The quantitative estimate of drug-likeness (QED) is 0.103. The lowest BCUT2D eigenvalue weighted by Crippen LogP contribution is -2.49. The third-order valence-electron chi connectivity index (χ3n) is 7.44. The van der Waals surface area contributed by atoms with Crippen LogP contribution in [0.2, 0.25) is 0 Å². The third-order valence-corrected chi connectivity index (χ3v) is 7.44. The number of carbonyl (C=O) groups is 4. The Kier molecular flexibility index (Phi) is 11.2. The SMILES string of the molecule is CCNC(=O)[C@H](CC(C(=O)O)C(C)(C)C)NC(=O)c1c[nH]c(-c2cc(Oc3ccc(NC(=O)Nc4cccc(C)c4)c(F)c3)ccn2)c1. The summed E-state index contributed by atoms with van der Waals surface area (Å²) in [5.74, 6) is -3.19. The van der Waals surface area contributed by atoms with Gasteiger partial charge in [-0.25, -0.2) is 9.18 Å². The van der Waals surface area contributed by atoms with Crippen LogP contribution in [0.1, 0.15) is 50.0 Å². The number of aromatic amines is 1. The molecule has 1 unspecified atom stereocenters. The highest BCUT2D eigenvalue weighted by atomic mass is 19.1. The highest BCUT2D eigenvalue weighted by Gasteiger charge is 2.36. The van der Waals surface area contributed by atoms with Crippen LogP contribution in [-0.2, 0) is 9.59 Å². The predicted octanol–water partition coefficient (Wildman–Crippen LogP) is 6.33. The number of hydrogen-bond acceptors (Lipinski definition) is 6. The van der Waals surface area contributed by atoms with Crippen molar-refractivity contribution in [2.75, 3.05) is 17.2 Å². The Labute approximate surface area is 277 Å². The molecule has 0 aliphatic rings.